The Morgan fingerprint density at radius 1 is 1.24 bits per heavy atom. The van der Waals surface area contributed by atoms with Gasteiger partial charge in [0.1, 0.15) is 5.75 Å². The SMILES string of the molecule is CCCOc1ccc(C(O)Cn2cccc(C)c2=O)cc1. The fourth-order valence-corrected chi connectivity index (χ4v) is 2.10. The second-order valence-corrected chi connectivity index (χ2v) is 5.08. The van der Waals surface area contributed by atoms with Gasteiger partial charge >= 0.3 is 0 Å². The number of aliphatic hydroxyl groups is 1. The average molecular weight is 287 g/mol. The first-order valence-corrected chi connectivity index (χ1v) is 7.18. The molecule has 0 fully saturated rings. The zero-order valence-corrected chi connectivity index (χ0v) is 12.5. The van der Waals surface area contributed by atoms with Crippen LogP contribution in [0.3, 0.4) is 0 Å². The van der Waals surface area contributed by atoms with E-state index in [0.717, 1.165) is 17.7 Å². The molecule has 2 aromatic rings. The summed E-state index contributed by atoms with van der Waals surface area (Å²) in [7, 11) is 0. The maximum absolute atomic E-state index is 11.9. The first-order valence-electron chi connectivity index (χ1n) is 7.18. The number of ether oxygens (including phenoxy) is 1. The van der Waals surface area contributed by atoms with Crippen molar-refractivity contribution in [1.29, 1.82) is 0 Å². The predicted octanol–water partition coefficient (Wildman–Crippen LogP) is 2.68. The third-order valence-corrected chi connectivity index (χ3v) is 3.32. The van der Waals surface area contributed by atoms with E-state index >= 15 is 0 Å². The number of aliphatic hydroxyl groups excluding tert-OH is 1. The second-order valence-electron chi connectivity index (χ2n) is 5.08. The number of rotatable bonds is 6. The quantitative estimate of drug-likeness (QED) is 0.888. The molecule has 0 radical (unpaired) electrons. The van der Waals surface area contributed by atoms with E-state index in [2.05, 4.69) is 6.92 Å². The van der Waals surface area contributed by atoms with E-state index in [1.807, 2.05) is 30.3 Å². The third kappa shape index (κ3) is 3.95. The summed E-state index contributed by atoms with van der Waals surface area (Å²) in [6, 6.07) is 10.9. The molecule has 0 saturated heterocycles. The van der Waals surface area contributed by atoms with E-state index in [9.17, 15) is 9.90 Å². The molecular formula is C17H21NO3. The van der Waals surface area contributed by atoms with Gasteiger partial charge in [0.2, 0.25) is 0 Å². The Morgan fingerprint density at radius 2 is 1.95 bits per heavy atom. The van der Waals surface area contributed by atoms with Crippen LogP contribution >= 0.6 is 0 Å². The lowest BCUT2D eigenvalue weighted by molar-refractivity contribution is 0.155. The average Bonchev–Trinajstić information content (AvgIpc) is 2.50. The zero-order chi connectivity index (χ0) is 15.2. The van der Waals surface area contributed by atoms with Crippen LogP contribution in [0.4, 0.5) is 0 Å². The smallest absolute Gasteiger partial charge is 0.253 e. The minimum absolute atomic E-state index is 0.0700. The van der Waals surface area contributed by atoms with Crippen LogP contribution in [0.2, 0.25) is 0 Å². The largest absolute Gasteiger partial charge is 0.494 e. The van der Waals surface area contributed by atoms with Gasteiger partial charge in [-0.2, -0.15) is 0 Å². The van der Waals surface area contributed by atoms with Gasteiger partial charge < -0.3 is 14.4 Å². The summed E-state index contributed by atoms with van der Waals surface area (Å²) in [5.74, 6) is 0.792. The van der Waals surface area contributed by atoms with Crippen molar-refractivity contribution < 1.29 is 9.84 Å². The summed E-state index contributed by atoms with van der Waals surface area (Å²) in [6.07, 6.45) is 1.93. The number of aryl methyl sites for hydroxylation is 1. The second kappa shape index (κ2) is 7.09. The molecule has 1 heterocycles. The molecule has 1 aromatic carbocycles. The first kappa shape index (κ1) is 15.3. The third-order valence-electron chi connectivity index (χ3n) is 3.32. The summed E-state index contributed by atoms with van der Waals surface area (Å²) >= 11 is 0. The molecule has 4 heteroatoms. The number of hydrogen-bond acceptors (Lipinski definition) is 3. The van der Waals surface area contributed by atoms with Crippen molar-refractivity contribution in [3.8, 4) is 5.75 Å². The highest BCUT2D eigenvalue weighted by Crippen LogP contribution is 2.19. The van der Waals surface area contributed by atoms with Crippen molar-refractivity contribution in [3.05, 3.63) is 64.1 Å². The molecule has 1 N–H and O–H groups in total. The summed E-state index contributed by atoms with van der Waals surface area (Å²) in [5.41, 5.74) is 1.37. The van der Waals surface area contributed by atoms with Crippen LogP contribution in [0.5, 0.6) is 5.75 Å². The number of hydrogen-bond donors (Lipinski definition) is 1. The van der Waals surface area contributed by atoms with E-state index < -0.39 is 6.10 Å². The Morgan fingerprint density at radius 3 is 2.62 bits per heavy atom. The molecule has 0 saturated carbocycles. The van der Waals surface area contributed by atoms with Gasteiger partial charge in [0.15, 0.2) is 0 Å². The van der Waals surface area contributed by atoms with Crippen LogP contribution in [0, 0.1) is 6.92 Å². The van der Waals surface area contributed by atoms with Crippen LogP contribution in [-0.2, 0) is 6.54 Å². The molecule has 112 valence electrons. The number of pyridine rings is 1. The highest BCUT2D eigenvalue weighted by atomic mass is 16.5. The molecule has 0 aliphatic heterocycles. The Labute approximate surface area is 124 Å². The van der Waals surface area contributed by atoms with Gasteiger partial charge in [-0.3, -0.25) is 4.79 Å². The molecule has 1 atom stereocenters. The van der Waals surface area contributed by atoms with Gasteiger partial charge in [0.05, 0.1) is 19.3 Å². The maximum Gasteiger partial charge on any atom is 0.253 e. The van der Waals surface area contributed by atoms with Gasteiger partial charge in [-0.05, 0) is 37.1 Å². The number of benzene rings is 1. The monoisotopic (exact) mass is 287 g/mol. The lowest BCUT2D eigenvalue weighted by atomic mass is 10.1. The van der Waals surface area contributed by atoms with E-state index in [1.165, 1.54) is 4.57 Å². The normalized spacial score (nSPS) is 12.1. The summed E-state index contributed by atoms with van der Waals surface area (Å²) in [4.78, 5) is 11.9. The minimum Gasteiger partial charge on any atom is -0.494 e. The van der Waals surface area contributed by atoms with Crippen LogP contribution in [-0.4, -0.2) is 16.3 Å². The molecule has 0 amide bonds. The van der Waals surface area contributed by atoms with Gasteiger partial charge in [-0.1, -0.05) is 25.1 Å². The van der Waals surface area contributed by atoms with Gasteiger partial charge in [-0.25, -0.2) is 0 Å². The van der Waals surface area contributed by atoms with Crippen molar-refractivity contribution >= 4 is 0 Å². The number of nitrogens with zero attached hydrogens (tertiary/aromatic N) is 1. The minimum atomic E-state index is -0.718. The Kier molecular flexibility index (Phi) is 5.17. The summed E-state index contributed by atoms with van der Waals surface area (Å²) < 4.78 is 7.04. The molecule has 0 spiro atoms. The first-order chi connectivity index (χ1) is 10.1. The maximum atomic E-state index is 11.9. The van der Waals surface area contributed by atoms with Crippen LogP contribution in [0.1, 0.15) is 30.6 Å². The zero-order valence-electron chi connectivity index (χ0n) is 12.5. The molecule has 2 rings (SSSR count). The Bertz CT molecular complexity index is 631. The van der Waals surface area contributed by atoms with Crippen molar-refractivity contribution in [1.82, 2.24) is 4.57 Å². The molecule has 21 heavy (non-hydrogen) atoms. The van der Waals surface area contributed by atoms with Crippen molar-refractivity contribution in [2.24, 2.45) is 0 Å². The van der Waals surface area contributed by atoms with E-state index in [1.54, 1.807) is 19.2 Å². The molecule has 0 aliphatic carbocycles. The molecule has 4 nitrogen and oxygen atoms in total. The Balaban J connectivity index is 2.08. The lowest BCUT2D eigenvalue weighted by Crippen LogP contribution is -2.24. The van der Waals surface area contributed by atoms with Crippen molar-refractivity contribution in [3.63, 3.8) is 0 Å². The fourth-order valence-electron chi connectivity index (χ4n) is 2.10. The molecule has 0 aliphatic rings. The summed E-state index contributed by atoms with van der Waals surface area (Å²) in [6.45, 7) is 4.75. The summed E-state index contributed by atoms with van der Waals surface area (Å²) in [5, 5.41) is 10.3. The molecule has 1 unspecified atom stereocenters. The van der Waals surface area contributed by atoms with Crippen molar-refractivity contribution in [2.45, 2.75) is 32.9 Å². The highest BCUT2D eigenvalue weighted by Gasteiger charge is 2.10. The van der Waals surface area contributed by atoms with Gasteiger partial charge in [-0.15, -0.1) is 0 Å². The van der Waals surface area contributed by atoms with E-state index in [0.29, 0.717) is 12.2 Å². The Hall–Kier alpha value is -2.07. The van der Waals surface area contributed by atoms with Crippen LogP contribution < -0.4 is 10.3 Å². The number of aromatic nitrogens is 1. The van der Waals surface area contributed by atoms with E-state index in [-0.39, 0.29) is 12.1 Å². The van der Waals surface area contributed by atoms with Crippen molar-refractivity contribution in [2.75, 3.05) is 6.61 Å². The molecule has 1 aromatic heterocycles. The lowest BCUT2D eigenvalue weighted by Gasteiger charge is -2.14. The van der Waals surface area contributed by atoms with Gasteiger partial charge in [0.25, 0.3) is 5.56 Å². The highest BCUT2D eigenvalue weighted by molar-refractivity contribution is 5.28. The topological polar surface area (TPSA) is 51.5 Å². The predicted molar refractivity (Wildman–Crippen MR) is 82.6 cm³/mol. The van der Waals surface area contributed by atoms with E-state index in [4.69, 9.17) is 4.74 Å². The standard InChI is InChI=1S/C17H21NO3/c1-3-11-21-15-8-6-14(7-9-15)16(19)12-18-10-4-5-13(2)17(18)20/h4-10,16,19H,3,11-12H2,1-2H3. The van der Waals surface area contributed by atoms with Crippen LogP contribution in [0.25, 0.3) is 0 Å². The fraction of sp³-hybridized carbons (Fsp3) is 0.353. The van der Waals surface area contributed by atoms with Crippen LogP contribution in [0.15, 0.2) is 47.4 Å². The molecule has 0 bridgehead atoms. The van der Waals surface area contributed by atoms with Gasteiger partial charge in [0, 0.05) is 11.8 Å². The molecular weight excluding hydrogens is 266 g/mol.